The number of aromatic nitrogens is 2. The Morgan fingerprint density at radius 2 is 1.61 bits per heavy atom. The molecule has 2 fully saturated rings. The molecule has 0 aliphatic carbocycles. The van der Waals surface area contributed by atoms with Gasteiger partial charge in [-0.15, -0.1) is 0 Å². The lowest BCUT2D eigenvalue weighted by atomic mass is 9.85. The molecule has 1 N–H and O–H groups in total. The topological polar surface area (TPSA) is 61.6 Å². The van der Waals surface area contributed by atoms with Crippen molar-refractivity contribution in [2.75, 3.05) is 4.90 Å². The van der Waals surface area contributed by atoms with E-state index in [2.05, 4.69) is 17.1 Å². The predicted octanol–water partition coefficient (Wildman–Crippen LogP) is 4.66. The molecule has 3 aliphatic heterocycles. The number of para-hydroxylation sites is 2. The summed E-state index contributed by atoms with van der Waals surface area (Å²) in [5, 5.41) is 11.5. The summed E-state index contributed by atoms with van der Waals surface area (Å²) in [5.74, 6) is 0.696. The van der Waals surface area contributed by atoms with Crippen molar-refractivity contribution in [1.29, 1.82) is 0 Å². The number of hydrogen-bond donors (Lipinski definition) is 1. The summed E-state index contributed by atoms with van der Waals surface area (Å²) in [6, 6.07) is 16.2. The van der Waals surface area contributed by atoms with Gasteiger partial charge < -0.3 is 14.6 Å². The van der Waals surface area contributed by atoms with Crippen LogP contribution in [0.25, 0.3) is 0 Å². The van der Waals surface area contributed by atoms with Crippen LogP contribution in [-0.2, 0) is 12.6 Å². The highest BCUT2D eigenvalue weighted by Gasteiger charge is 2.52. The number of rotatable bonds is 1. The smallest absolute Gasteiger partial charge is 0.329 e. The zero-order valence-corrected chi connectivity index (χ0v) is 18.1. The third kappa shape index (κ3) is 2.83. The van der Waals surface area contributed by atoms with Gasteiger partial charge in [0.05, 0.1) is 11.4 Å². The minimum absolute atomic E-state index is 0.00172. The molecule has 4 heterocycles. The zero-order chi connectivity index (χ0) is 21.2. The Hall–Kier alpha value is -2.77. The first-order valence-electron chi connectivity index (χ1n) is 10.7. The monoisotopic (exact) mass is 432 g/mol. The molecule has 2 saturated heterocycles. The third-order valence-electron chi connectivity index (χ3n) is 6.85. The average molecular weight is 433 g/mol. The predicted molar refractivity (Wildman–Crippen MR) is 120 cm³/mol. The molecule has 6 rings (SSSR count). The van der Waals surface area contributed by atoms with Crippen LogP contribution < -0.4 is 4.90 Å². The number of carbonyl (C=O) groups is 1. The van der Waals surface area contributed by atoms with Gasteiger partial charge in [0, 0.05) is 54.2 Å². The Morgan fingerprint density at radius 3 is 2.16 bits per heavy atom. The number of aliphatic hydroxyl groups is 1. The molecule has 158 valence electrons. The van der Waals surface area contributed by atoms with Crippen molar-refractivity contribution < 1.29 is 9.90 Å². The van der Waals surface area contributed by atoms with E-state index in [1.165, 1.54) is 0 Å². The van der Waals surface area contributed by atoms with Crippen molar-refractivity contribution in [2.45, 2.75) is 53.2 Å². The van der Waals surface area contributed by atoms with Crippen molar-refractivity contribution in [3.8, 4) is 0 Å². The summed E-state index contributed by atoms with van der Waals surface area (Å²) >= 11 is 1.70. The Labute approximate surface area is 185 Å². The average Bonchev–Trinajstić information content (AvgIpc) is 3.33. The van der Waals surface area contributed by atoms with Crippen LogP contribution in [0.4, 0.5) is 16.2 Å². The van der Waals surface area contributed by atoms with Gasteiger partial charge in [-0.3, -0.25) is 4.90 Å². The van der Waals surface area contributed by atoms with Crippen LogP contribution in [0, 0.1) is 0 Å². The fraction of sp³-hybridized carbons (Fsp3) is 0.333. The molecule has 2 amide bonds. The lowest BCUT2D eigenvalue weighted by molar-refractivity contribution is -0.0510. The number of benzene rings is 2. The Balaban J connectivity index is 1.37. The normalized spacial score (nSPS) is 26.5. The van der Waals surface area contributed by atoms with Crippen molar-refractivity contribution >= 4 is 29.2 Å². The molecule has 0 spiro atoms. The van der Waals surface area contributed by atoms with Gasteiger partial charge in [0.1, 0.15) is 11.4 Å². The van der Waals surface area contributed by atoms with E-state index in [-0.39, 0.29) is 18.1 Å². The summed E-state index contributed by atoms with van der Waals surface area (Å²) in [6.45, 7) is 0. The van der Waals surface area contributed by atoms with Gasteiger partial charge in [-0.05, 0) is 37.1 Å². The van der Waals surface area contributed by atoms with Gasteiger partial charge in [0.2, 0.25) is 0 Å². The van der Waals surface area contributed by atoms with E-state index < -0.39 is 5.60 Å². The zero-order valence-electron chi connectivity index (χ0n) is 17.3. The molecule has 3 aliphatic rings. The van der Waals surface area contributed by atoms with E-state index in [0.717, 1.165) is 34.0 Å². The van der Waals surface area contributed by atoms with Gasteiger partial charge in [0.25, 0.3) is 0 Å². The van der Waals surface area contributed by atoms with Crippen LogP contribution in [0.2, 0.25) is 0 Å². The van der Waals surface area contributed by atoms with Crippen LogP contribution in [-0.4, -0.2) is 37.7 Å². The van der Waals surface area contributed by atoms with E-state index in [4.69, 9.17) is 0 Å². The van der Waals surface area contributed by atoms with Crippen molar-refractivity contribution in [1.82, 2.24) is 14.5 Å². The number of aryl methyl sites for hydroxylation is 1. The SMILES string of the molecule is Cn1ccnc1C1(O)C[C@@H]2CC[C@@H](C1)N2C(=O)N1c2ccccc2Sc2ccccc21. The number of fused-ring (bicyclic) bond motifs is 4. The Morgan fingerprint density at radius 1 is 1.03 bits per heavy atom. The third-order valence-corrected chi connectivity index (χ3v) is 7.98. The molecular weight excluding hydrogens is 408 g/mol. The molecule has 1 aromatic heterocycles. The largest absolute Gasteiger partial charge is 0.382 e. The number of carbonyl (C=O) groups excluding carboxylic acids is 1. The van der Waals surface area contributed by atoms with Gasteiger partial charge in [-0.2, -0.15) is 0 Å². The van der Waals surface area contributed by atoms with E-state index in [1.54, 1.807) is 18.0 Å². The molecule has 2 aromatic carbocycles. The highest BCUT2D eigenvalue weighted by atomic mass is 32.2. The second-order valence-corrected chi connectivity index (χ2v) is 9.83. The lowest BCUT2D eigenvalue weighted by Crippen LogP contribution is -2.55. The van der Waals surface area contributed by atoms with E-state index in [1.807, 2.05) is 64.0 Å². The maximum Gasteiger partial charge on any atom is 0.329 e. The van der Waals surface area contributed by atoms with Crippen LogP contribution in [0.15, 0.2) is 70.7 Å². The number of amides is 2. The molecule has 7 heteroatoms. The Bertz CT molecular complexity index is 1120. The molecule has 0 radical (unpaired) electrons. The fourth-order valence-corrected chi connectivity index (χ4v) is 6.62. The van der Waals surface area contributed by atoms with E-state index in [0.29, 0.717) is 18.7 Å². The summed E-state index contributed by atoms with van der Waals surface area (Å²) in [4.78, 5) is 24.5. The second kappa shape index (κ2) is 6.87. The number of anilines is 2. The van der Waals surface area contributed by atoms with Crippen LogP contribution in [0.1, 0.15) is 31.5 Å². The number of imidazole rings is 1. The standard InChI is InChI=1S/C24H24N4O2S/c1-26-13-12-25-22(26)24(30)14-16-10-11-17(15-24)27(16)23(29)28-18-6-2-4-8-20(18)31-21-9-5-3-7-19(21)28/h2-9,12-13,16-17,30H,10-11,14-15H2,1H3/t16-,17-/m0/s1. The number of urea groups is 1. The minimum Gasteiger partial charge on any atom is -0.382 e. The van der Waals surface area contributed by atoms with E-state index >= 15 is 0 Å². The highest BCUT2D eigenvalue weighted by Crippen LogP contribution is 2.51. The molecule has 0 saturated carbocycles. The second-order valence-electron chi connectivity index (χ2n) is 8.75. The number of hydrogen-bond acceptors (Lipinski definition) is 4. The van der Waals surface area contributed by atoms with Gasteiger partial charge in [0.15, 0.2) is 0 Å². The van der Waals surface area contributed by atoms with Gasteiger partial charge in [-0.25, -0.2) is 9.78 Å². The van der Waals surface area contributed by atoms with Crippen molar-refractivity contribution in [2.24, 2.45) is 7.05 Å². The van der Waals surface area contributed by atoms with Gasteiger partial charge in [-0.1, -0.05) is 36.0 Å². The van der Waals surface area contributed by atoms with Crippen molar-refractivity contribution in [3.05, 3.63) is 66.7 Å². The minimum atomic E-state index is -0.992. The summed E-state index contributed by atoms with van der Waals surface area (Å²) in [5.41, 5.74) is 0.870. The molecule has 6 nitrogen and oxygen atoms in total. The first kappa shape index (κ1) is 19.0. The lowest BCUT2D eigenvalue weighted by Gasteiger charge is -2.45. The van der Waals surface area contributed by atoms with E-state index in [9.17, 15) is 9.90 Å². The summed E-state index contributed by atoms with van der Waals surface area (Å²) in [6.07, 6.45) is 6.46. The first-order valence-corrected chi connectivity index (χ1v) is 11.6. The van der Waals surface area contributed by atoms with Crippen LogP contribution >= 0.6 is 11.8 Å². The number of nitrogens with zero attached hydrogens (tertiary/aromatic N) is 4. The highest BCUT2D eigenvalue weighted by molar-refractivity contribution is 7.99. The van der Waals surface area contributed by atoms with Crippen LogP contribution in [0.3, 0.4) is 0 Å². The Kier molecular flexibility index (Phi) is 4.20. The van der Waals surface area contributed by atoms with Crippen LogP contribution in [0.5, 0.6) is 0 Å². The number of piperidine rings is 1. The first-order chi connectivity index (χ1) is 15.0. The quantitative estimate of drug-likeness (QED) is 0.608. The fourth-order valence-electron chi connectivity index (χ4n) is 5.56. The van der Waals surface area contributed by atoms with Gasteiger partial charge >= 0.3 is 6.03 Å². The maximum atomic E-state index is 14.0. The van der Waals surface area contributed by atoms with Crippen molar-refractivity contribution in [3.63, 3.8) is 0 Å². The molecular formula is C24H24N4O2S. The molecule has 0 unspecified atom stereocenters. The molecule has 2 atom stereocenters. The molecule has 2 bridgehead atoms. The molecule has 31 heavy (non-hydrogen) atoms. The maximum absolute atomic E-state index is 14.0. The summed E-state index contributed by atoms with van der Waals surface area (Å²) < 4.78 is 1.89. The summed E-state index contributed by atoms with van der Waals surface area (Å²) in [7, 11) is 1.92. The molecule has 3 aromatic rings.